The third kappa shape index (κ3) is 2.48. The van der Waals surface area contributed by atoms with Crippen LogP contribution in [0.1, 0.15) is 12.8 Å². The Balaban J connectivity index is 1.59. The van der Waals surface area contributed by atoms with Gasteiger partial charge in [0.05, 0.1) is 5.52 Å². The molecule has 0 aliphatic carbocycles. The first-order valence-corrected chi connectivity index (χ1v) is 8.51. The average Bonchev–Trinajstić information content (AvgIpc) is 3.15. The molecule has 0 unspecified atom stereocenters. The number of rotatable bonds is 4. The van der Waals surface area contributed by atoms with Gasteiger partial charge in [0.2, 0.25) is 0 Å². The number of benzene rings is 1. The number of H-pyrrole nitrogens is 1. The summed E-state index contributed by atoms with van der Waals surface area (Å²) >= 11 is 1.61. The van der Waals surface area contributed by atoms with Gasteiger partial charge in [-0.1, -0.05) is 18.2 Å². The smallest absolute Gasteiger partial charge is 0.291 e. The molecule has 0 atom stereocenters. The summed E-state index contributed by atoms with van der Waals surface area (Å²) in [5, 5.41) is 4.25. The molecule has 2 aromatic heterocycles. The zero-order valence-corrected chi connectivity index (χ0v) is 13.1. The van der Waals surface area contributed by atoms with Crippen molar-refractivity contribution in [2.24, 2.45) is 0 Å². The lowest BCUT2D eigenvalue weighted by atomic mass is 10.2. The Bertz CT molecular complexity index is 863. The van der Waals surface area contributed by atoms with Gasteiger partial charge in [-0.15, -0.1) is 11.3 Å². The van der Waals surface area contributed by atoms with Crippen molar-refractivity contribution in [3.8, 4) is 0 Å². The molecule has 22 heavy (non-hydrogen) atoms. The van der Waals surface area contributed by atoms with E-state index in [1.807, 2.05) is 18.2 Å². The number of aromatic nitrogens is 2. The van der Waals surface area contributed by atoms with Crippen LogP contribution < -0.4 is 10.9 Å². The van der Waals surface area contributed by atoms with Crippen LogP contribution in [-0.4, -0.2) is 41.0 Å². The van der Waals surface area contributed by atoms with Crippen LogP contribution in [0.15, 0.2) is 29.1 Å². The summed E-state index contributed by atoms with van der Waals surface area (Å²) in [6.45, 7) is 4.06. The normalized spacial score (nSPS) is 15.8. The molecule has 1 aromatic carbocycles. The molecule has 4 rings (SSSR count). The van der Waals surface area contributed by atoms with Gasteiger partial charge in [-0.3, -0.25) is 4.79 Å². The van der Waals surface area contributed by atoms with E-state index in [1.165, 1.54) is 25.9 Å². The molecule has 1 saturated heterocycles. The lowest BCUT2D eigenvalue weighted by Crippen LogP contribution is -2.27. The Morgan fingerprint density at radius 2 is 2.09 bits per heavy atom. The van der Waals surface area contributed by atoms with Gasteiger partial charge >= 0.3 is 0 Å². The third-order valence-corrected chi connectivity index (χ3v) is 5.23. The summed E-state index contributed by atoms with van der Waals surface area (Å²) in [6.07, 6.45) is 2.57. The predicted molar refractivity (Wildman–Crippen MR) is 91.9 cm³/mol. The molecule has 5 nitrogen and oxygen atoms in total. The monoisotopic (exact) mass is 314 g/mol. The van der Waals surface area contributed by atoms with Crippen molar-refractivity contribution in [1.82, 2.24) is 14.9 Å². The van der Waals surface area contributed by atoms with E-state index in [0.717, 1.165) is 33.5 Å². The van der Waals surface area contributed by atoms with Gasteiger partial charge in [0.15, 0.2) is 5.82 Å². The minimum Gasteiger partial charge on any atom is -0.364 e. The Morgan fingerprint density at radius 3 is 2.95 bits per heavy atom. The fraction of sp³-hybridized carbons (Fsp3) is 0.375. The van der Waals surface area contributed by atoms with Crippen LogP contribution in [0.25, 0.3) is 20.4 Å². The standard InChI is InChI=1S/C16H18N4OS/c21-15-14(17-7-10-20-8-3-4-9-20)19-16-13(18-15)11-5-1-2-6-12(11)22-16/h1-2,5-6H,3-4,7-10H2,(H,17,19)(H,18,21). The minimum atomic E-state index is -0.141. The molecule has 3 heterocycles. The highest BCUT2D eigenvalue weighted by Crippen LogP contribution is 2.30. The SMILES string of the molecule is O=c1[nH]c2c(nc1NCCN1CCCC1)sc1ccccc12. The number of thiophene rings is 1. The highest BCUT2D eigenvalue weighted by Gasteiger charge is 2.12. The molecular formula is C16H18N4OS. The van der Waals surface area contributed by atoms with Crippen LogP contribution in [0.2, 0.25) is 0 Å². The van der Waals surface area contributed by atoms with Crippen LogP contribution in [0.4, 0.5) is 5.82 Å². The van der Waals surface area contributed by atoms with Crippen molar-refractivity contribution >= 4 is 37.6 Å². The molecule has 0 bridgehead atoms. The van der Waals surface area contributed by atoms with Gasteiger partial charge in [-0.25, -0.2) is 4.98 Å². The van der Waals surface area contributed by atoms with E-state index in [2.05, 4.69) is 26.3 Å². The first-order valence-electron chi connectivity index (χ1n) is 7.69. The Morgan fingerprint density at radius 1 is 1.27 bits per heavy atom. The third-order valence-electron chi connectivity index (χ3n) is 4.16. The van der Waals surface area contributed by atoms with Gasteiger partial charge < -0.3 is 15.2 Å². The summed E-state index contributed by atoms with van der Waals surface area (Å²) in [5.41, 5.74) is 0.702. The van der Waals surface area contributed by atoms with Crippen LogP contribution >= 0.6 is 11.3 Å². The molecule has 0 spiro atoms. The number of hydrogen-bond donors (Lipinski definition) is 2. The number of nitrogens with one attached hydrogen (secondary N) is 2. The largest absolute Gasteiger partial charge is 0.364 e. The summed E-state index contributed by atoms with van der Waals surface area (Å²) in [6, 6.07) is 8.06. The second-order valence-corrected chi connectivity index (χ2v) is 6.70. The number of aromatic amines is 1. The molecule has 1 fully saturated rings. The lowest BCUT2D eigenvalue weighted by molar-refractivity contribution is 0.352. The molecule has 1 aliphatic rings. The maximum absolute atomic E-state index is 12.2. The molecule has 6 heteroatoms. The fourth-order valence-corrected chi connectivity index (χ4v) is 4.05. The maximum atomic E-state index is 12.2. The Labute approximate surface area is 132 Å². The van der Waals surface area contributed by atoms with Gasteiger partial charge in [-0.2, -0.15) is 0 Å². The molecule has 114 valence electrons. The van der Waals surface area contributed by atoms with Crippen molar-refractivity contribution in [2.45, 2.75) is 12.8 Å². The van der Waals surface area contributed by atoms with E-state index in [0.29, 0.717) is 5.82 Å². The molecule has 0 radical (unpaired) electrons. The lowest BCUT2D eigenvalue weighted by Gasteiger charge is -2.14. The number of likely N-dealkylation sites (tertiary alicyclic amines) is 1. The second kappa shape index (κ2) is 5.70. The van der Waals surface area contributed by atoms with Gasteiger partial charge in [0, 0.05) is 23.2 Å². The van der Waals surface area contributed by atoms with Gasteiger partial charge in [0.25, 0.3) is 5.56 Å². The van der Waals surface area contributed by atoms with E-state index >= 15 is 0 Å². The summed E-state index contributed by atoms with van der Waals surface area (Å²) in [5.74, 6) is 0.429. The summed E-state index contributed by atoms with van der Waals surface area (Å²) in [4.78, 5) is 23.0. The zero-order chi connectivity index (χ0) is 14.9. The molecule has 2 N–H and O–H groups in total. The molecule has 0 saturated carbocycles. The second-order valence-electron chi connectivity index (χ2n) is 5.67. The van der Waals surface area contributed by atoms with Gasteiger partial charge in [0.1, 0.15) is 4.83 Å². The summed E-state index contributed by atoms with van der Waals surface area (Å²) < 4.78 is 1.15. The highest BCUT2D eigenvalue weighted by molar-refractivity contribution is 7.25. The number of fused-ring (bicyclic) bond motifs is 3. The Hall–Kier alpha value is -1.92. The topological polar surface area (TPSA) is 61.0 Å². The first-order chi connectivity index (χ1) is 10.8. The maximum Gasteiger partial charge on any atom is 0.291 e. The number of hydrogen-bond acceptors (Lipinski definition) is 5. The van der Waals surface area contributed by atoms with Gasteiger partial charge in [-0.05, 0) is 32.0 Å². The van der Waals surface area contributed by atoms with Crippen molar-refractivity contribution in [3.05, 3.63) is 34.6 Å². The number of nitrogens with zero attached hydrogens (tertiary/aromatic N) is 2. The molecule has 3 aromatic rings. The highest BCUT2D eigenvalue weighted by atomic mass is 32.1. The van der Waals surface area contributed by atoms with Crippen molar-refractivity contribution in [3.63, 3.8) is 0 Å². The van der Waals surface area contributed by atoms with Crippen LogP contribution in [0.3, 0.4) is 0 Å². The molecule has 1 aliphatic heterocycles. The molecular weight excluding hydrogens is 296 g/mol. The summed E-state index contributed by atoms with van der Waals surface area (Å²) in [7, 11) is 0. The van der Waals surface area contributed by atoms with Crippen molar-refractivity contribution in [1.29, 1.82) is 0 Å². The van der Waals surface area contributed by atoms with E-state index < -0.39 is 0 Å². The Kier molecular flexibility index (Phi) is 3.56. The zero-order valence-electron chi connectivity index (χ0n) is 12.3. The quantitative estimate of drug-likeness (QED) is 0.777. The van der Waals surface area contributed by atoms with Crippen LogP contribution in [-0.2, 0) is 0 Å². The predicted octanol–water partition coefficient (Wildman–Crippen LogP) is 2.65. The fourth-order valence-electron chi connectivity index (χ4n) is 3.02. The van der Waals surface area contributed by atoms with Crippen molar-refractivity contribution in [2.75, 3.05) is 31.5 Å². The van der Waals surface area contributed by atoms with Crippen LogP contribution in [0.5, 0.6) is 0 Å². The van der Waals surface area contributed by atoms with Crippen LogP contribution in [0, 0.1) is 0 Å². The average molecular weight is 314 g/mol. The minimum absolute atomic E-state index is 0.141. The van der Waals surface area contributed by atoms with E-state index in [9.17, 15) is 4.79 Å². The first kappa shape index (κ1) is 13.7. The number of anilines is 1. The van der Waals surface area contributed by atoms with E-state index in [-0.39, 0.29) is 5.56 Å². The van der Waals surface area contributed by atoms with E-state index in [4.69, 9.17) is 0 Å². The molecule has 0 amide bonds. The van der Waals surface area contributed by atoms with Crippen molar-refractivity contribution < 1.29 is 0 Å². The van der Waals surface area contributed by atoms with E-state index in [1.54, 1.807) is 11.3 Å².